The van der Waals surface area contributed by atoms with Crippen molar-refractivity contribution in [3.63, 3.8) is 0 Å². The number of carbonyl (C=O) groups excluding carboxylic acids is 1. The number of hydrogen-bond acceptors (Lipinski definition) is 4. The molecule has 0 aromatic rings. The zero-order chi connectivity index (χ0) is 12.7. The third-order valence-corrected chi connectivity index (χ3v) is 3.25. The predicted octanol–water partition coefficient (Wildman–Crippen LogP) is 0.971. The van der Waals surface area contributed by atoms with Crippen molar-refractivity contribution in [2.24, 2.45) is 11.1 Å². The van der Waals surface area contributed by atoms with Crippen molar-refractivity contribution in [2.45, 2.75) is 38.9 Å². The zero-order valence-corrected chi connectivity index (χ0v) is 10.9. The quantitative estimate of drug-likeness (QED) is 0.744. The average molecular weight is 242 g/mol. The van der Waals surface area contributed by atoms with E-state index in [1.54, 1.807) is 4.90 Å². The van der Waals surface area contributed by atoms with E-state index in [0.717, 1.165) is 19.5 Å². The van der Waals surface area contributed by atoms with Crippen LogP contribution in [0.3, 0.4) is 0 Å². The van der Waals surface area contributed by atoms with Crippen LogP contribution in [0.2, 0.25) is 0 Å². The first-order valence-corrected chi connectivity index (χ1v) is 6.13. The lowest BCUT2D eigenvalue weighted by atomic mass is 9.78. The molecule has 2 rings (SSSR count). The molecule has 2 N–H and O–H groups in total. The van der Waals surface area contributed by atoms with Crippen LogP contribution in [0.15, 0.2) is 0 Å². The minimum absolute atomic E-state index is 0.140. The molecule has 2 aliphatic heterocycles. The Morgan fingerprint density at radius 1 is 1.53 bits per heavy atom. The molecule has 0 aromatic carbocycles. The van der Waals surface area contributed by atoms with Crippen LogP contribution in [0, 0.1) is 5.41 Å². The Balaban J connectivity index is 1.81. The number of nitrogens with zero attached hydrogens (tertiary/aromatic N) is 1. The van der Waals surface area contributed by atoms with E-state index in [9.17, 15) is 4.79 Å². The van der Waals surface area contributed by atoms with Crippen molar-refractivity contribution in [2.75, 3.05) is 26.2 Å². The lowest BCUT2D eigenvalue weighted by Crippen LogP contribution is -2.59. The molecule has 2 saturated heterocycles. The largest absolute Gasteiger partial charge is 0.444 e. The Labute approximate surface area is 102 Å². The first-order chi connectivity index (χ1) is 7.84. The van der Waals surface area contributed by atoms with Crippen LogP contribution < -0.4 is 5.73 Å². The van der Waals surface area contributed by atoms with Gasteiger partial charge >= 0.3 is 6.09 Å². The smallest absolute Gasteiger partial charge is 0.410 e. The van der Waals surface area contributed by atoms with Crippen LogP contribution in [0.5, 0.6) is 0 Å². The van der Waals surface area contributed by atoms with E-state index in [4.69, 9.17) is 15.2 Å². The van der Waals surface area contributed by atoms with Crippen molar-refractivity contribution in [1.29, 1.82) is 0 Å². The predicted molar refractivity (Wildman–Crippen MR) is 63.7 cm³/mol. The lowest BCUT2D eigenvalue weighted by molar-refractivity contribution is -0.0369. The molecule has 1 atom stereocenters. The molecule has 0 saturated carbocycles. The number of likely N-dealkylation sites (tertiary alicyclic amines) is 1. The number of rotatable bonds is 1. The first kappa shape index (κ1) is 12.6. The standard InChI is InChI=1S/C12H22N2O3/c1-11(2,3)17-10(15)14-6-12(7-14)4-9(5-13)16-8-12/h9H,4-8,13H2,1-3H3/t9-/m1/s1. The molecule has 0 radical (unpaired) electrons. The second kappa shape index (κ2) is 4.14. The van der Waals surface area contributed by atoms with E-state index in [1.807, 2.05) is 20.8 Å². The SMILES string of the molecule is CC(C)(C)OC(=O)N1CC2(CO[C@@H](CN)C2)C1. The van der Waals surface area contributed by atoms with Gasteiger partial charge in [0.2, 0.25) is 0 Å². The highest BCUT2D eigenvalue weighted by molar-refractivity contribution is 5.69. The minimum atomic E-state index is -0.425. The minimum Gasteiger partial charge on any atom is -0.444 e. The van der Waals surface area contributed by atoms with Gasteiger partial charge in [-0.1, -0.05) is 0 Å². The summed E-state index contributed by atoms with van der Waals surface area (Å²) in [6, 6.07) is 0. The first-order valence-electron chi connectivity index (χ1n) is 6.13. The Kier molecular flexibility index (Phi) is 3.08. The zero-order valence-electron chi connectivity index (χ0n) is 10.9. The molecule has 98 valence electrons. The number of ether oxygens (including phenoxy) is 2. The Bertz CT molecular complexity index is 305. The van der Waals surface area contributed by atoms with Crippen LogP contribution in [0.1, 0.15) is 27.2 Å². The van der Waals surface area contributed by atoms with Gasteiger partial charge in [0.05, 0.1) is 12.7 Å². The third kappa shape index (κ3) is 2.72. The van der Waals surface area contributed by atoms with E-state index in [0.29, 0.717) is 13.2 Å². The molecule has 2 aliphatic rings. The summed E-state index contributed by atoms with van der Waals surface area (Å²) < 4.78 is 10.9. The van der Waals surface area contributed by atoms with Gasteiger partial charge in [0.15, 0.2) is 0 Å². The molecule has 1 amide bonds. The van der Waals surface area contributed by atoms with Crippen molar-refractivity contribution in [1.82, 2.24) is 4.90 Å². The number of hydrogen-bond donors (Lipinski definition) is 1. The summed E-state index contributed by atoms with van der Waals surface area (Å²) in [4.78, 5) is 13.5. The molecular formula is C12H22N2O3. The molecule has 0 aromatic heterocycles. The van der Waals surface area contributed by atoms with Crippen LogP contribution in [0.4, 0.5) is 4.79 Å². The molecule has 2 fully saturated rings. The average Bonchev–Trinajstić information content (AvgIpc) is 2.56. The molecule has 0 unspecified atom stereocenters. The Hall–Kier alpha value is -0.810. The Morgan fingerprint density at radius 3 is 2.65 bits per heavy atom. The van der Waals surface area contributed by atoms with Gasteiger partial charge in [0.1, 0.15) is 5.60 Å². The van der Waals surface area contributed by atoms with Gasteiger partial charge in [-0.3, -0.25) is 0 Å². The van der Waals surface area contributed by atoms with Crippen LogP contribution in [-0.4, -0.2) is 48.9 Å². The van der Waals surface area contributed by atoms with Gasteiger partial charge in [-0.05, 0) is 27.2 Å². The van der Waals surface area contributed by atoms with Crippen LogP contribution >= 0.6 is 0 Å². The monoisotopic (exact) mass is 242 g/mol. The maximum Gasteiger partial charge on any atom is 0.410 e. The van der Waals surface area contributed by atoms with E-state index in [-0.39, 0.29) is 17.6 Å². The fourth-order valence-electron chi connectivity index (χ4n) is 2.49. The van der Waals surface area contributed by atoms with Crippen molar-refractivity contribution >= 4 is 6.09 Å². The summed E-state index contributed by atoms with van der Waals surface area (Å²) in [5, 5.41) is 0. The lowest BCUT2D eigenvalue weighted by Gasteiger charge is -2.47. The molecule has 5 nitrogen and oxygen atoms in total. The highest BCUT2D eigenvalue weighted by Crippen LogP contribution is 2.41. The fraction of sp³-hybridized carbons (Fsp3) is 0.917. The van der Waals surface area contributed by atoms with Gasteiger partial charge in [0, 0.05) is 25.0 Å². The van der Waals surface area contributed by atoms with Gasteiger partial charge in [-0.2, -0.15) is 0 Å². The van der Waals surface area contributed by atoms with Crippen LogP contribution in [0.25, 0.3) is 0 Å². The molecular weight excluding hydrogens is 220 g/mol. The van der Waals surface area contributed by atoms with Gasteiger partial charge in [0.25, 0.3) is 0 Å². The highest BCUT2D eigenvalue weighted by Gasteiger charge is 2.51. The number of nitrogens with two attached hydrogens (primary N) is 1. The number of amides is 1. The van der Waals surface area contributed by atoms with E-state index >= 15 is 0 Å². The fourth-order valence-corrected chi connectivity index (χ4v) is 2.49. The molecule has 0 bridgehead atoms. The highest BCUT2D eigenvalue weighted by atomic mass is 16.6. The second-order valence-corrected chi connectivity index (χ2v) is 6.21. The third-order valence-electron chi connectivity index (χ3n) is 3.25. The van der Waals surface area contributed by atoms with Gasteiger partial charge in [-0.15, -0.1) is 0 Å². The molecule has 0 aliphatic carbocycles. The molecule has 5 heteroatoms. The topological polar surface area (TPSA) is 64.8 Å². The summed E-state index contributed by atoms with van der Waals surface area (Å²) in [6.07, 6.45) is 0.901. The van der Waals surface area contributed by atoms with Crippen molar-refractivity contribution in [3.8, 4) is 0 Å². The summed E-state index contributed by atoms with van der Waals surface area (Å²) in [6.45, 7) is 8.38. The summed E-state index contributed by atoms with van der Waals surface area (Å²) >= 11 is 0. The second-order valence-electron chi connectivity index (χ2n) is 6.21. The summed E-state index contributed by atoms with van der Waals surface area (Å²) in [5.74, 6) is 0. The van der Waals surface area contributed by atoms with Gasteiger partial charge < -0.3 is 20.1 Å². The summed E-state index contributed by atoms with van der Waals surface area (Å²) in [5.41, 5.74) is 5.30. The Morgan fingerprint density at radius 2 is 2.18 bits per heavy atom. The van der Waals surface area contributed by atoms with Crippen molar-refractivity contribution < 1.29 is 14.3 Å². The van der Waals surface area contributed by atoms with Gasteiger partial charge in [-0.25, -0.2) is 4.79 Å². The van der Waals surface area contributed by atoms with Crippen molar-refractivity contribution in [3.05, 3.63) is 0 Å². The molecule has 17 heavy (non-hydrogen) atoms. The maximum atomic E-state index is 11.8. The van der Waals surface area contributed by atoms with Crippen LogP contribution in [-0.2, 0) is 9.47 Å². The maximum absolute atomic E-state index is 11.8. The molecule has 1 spiro atoms. The van der Waals surface area contributed by atoms with E-state index in [2.05, 4.69) is 0 Å². The molecule has 2 heterocycles. The summed E-state index contributed by atoms with van der Waals surface area (Å²) in [7, 11) is 0. The van der Waals surface area contributed by atoms with E-state index < -0.39 is 5.60 Å². The van der Waals surface area contributed by atoms with E-state index in [1.165, 1.54) is 0 Å². The number of carbonyl (C=O) groups is 1. The normalized spacial score (nSPS) is 27.1.